The Hall–Kier alpha value is -2.64. The average Bonchev–Trinajstić information content (AvgIpc) is 2.88. The molecule has 6 nitrogen and oxygen atoms in total. The molecule has 0 atom stereocenters. The number of hydrogen-bond acceptors (Lipinski definition) is 4. The van der Waals surface area contributed by atoms with Crippen molar-refractivity contribution < 1.29 is 28.2 Å². The monoisotopic (exact) mass is 310 g/mol. The van der Waals surface area contributed by atoms with Crippen molar-refractivity contribution in [2.45, 2.75) is 6.43 Å². The molecular formula is C14H12F2N2O4. The quantitative estimate of drug-likeness (QED) is 0.943. The number of rotatable bonds is 3. The summed E-state index contributed by atoms with van der Waals surface area (Å²) in [5.74, 6) is -0.618. The zero-order valence-corrected chi connectivity index (χ0v) is 11.5. The normalized spacial score (nSPS) is 13.5. The van der Waals surface area contributed by atoms with Gasteiger partial charge in [0, 0.05) is 18.2 Å². The van der Waals surface area contributed by atoms with Gasteiger partial charge < -0.3 is 14.6 Å². The van der Waals surface area contributed by atoms with Crippen LogP contribution < -0.4 is 9.47 Å². The van der Waals surface area contributed by atoms with Gasteiger partial charge in [-0.25, -0.2) is 13.6 Å². The van der Waals surface area contributed by atoms with Gasteiger partial charge in [0.1, 0.15) is 13.2 Å². The molecule has 0 amide bonds. The van der Waals surface area contributed by atoms with Gasteiger partial charge in [-0.2, -0.15) is 5.10 Å². The predicted molar refractivity (Wildman–Crippen MR) is 71.6 cm³/mol. The second-order valence-corrected chi connectivity index (χ2v) is 4.73. The molecule has 0 unspecified atom stereocenters. The third-order valence-corrected chi connectivity index (χ3v) is 3.32. The van der Waals surface area contributed by atoms with E-state index in [-0.39, 0.29) is 28.3 Å². The molecule has 1 N–H and O–H groups in total. The summed E-state index contributed by atoms with van der Waals surface area (Å²) in [6.07, 6.45) is -2.74. The summed E-state index contributed by atoms with van der Waals surface area (Å²) in [5.41, 5.74) is -0.0387. The Morgan fingerprint density at radius 2 is 1.91 bits per heavy atom. The van der Waals surface area contributed by atoms with Crippen molar-refractivity contribution in [1.29, 1.82) is 0 Å². The van der Waals surface area contributed by atoms with Crippen molar-refractivity contribution in [2.75, 3.05) is 13.2 Å². The Morgan fingerprint density at radius 1 is 1.27 bits per heavy atom. The van der Waals surface area contributed by atoms with Crippen LogP contribution in [0.4, 0.5) is 8.78 Å². The van der Waals surface area contributed by atoms with Crippen LogP contribution in [0.25, 0.3) is 11.3 Å². The van der Waals surface area contributed by atoms with Crippen molar-refractivity contribution in [3.63, 3.8) is 0 Å². The minimum atomic E-state index is -2.74. The number of carbonyl (C=O) groups is 1. The zero-order valence-electron chi connectivity index (χ0n) is 11.5. The summed E-state index contributed by atoms with van der Waals surface area (Å²) in [6, 6.07) is 3.90. The van der Waals surface area contributed by atoms with Crippen molar-refractivity contribution in [3.05, 3.63) is 29.5 Å². The van der Waals surface area contributed by atoms with E-state index in [9.17, 15) is 13.6 Å². The van der Waals surface area contributed by atoms with E-state index in [2.05, 4.69) is 5.10 Å². The summed E-state index contributed by atoms with van der Waals surface area (Å²) >= 11 is 0. The Kier molecular flexibility index (Phi) is 3.44. The van der Waals surface area contributed by atoms with Crippen molar-refractivity contribution in [1.82, 2.24) is 9.78 Å². The first-order chi connectivity index (χ1) is 10.5. The second-order valence-electron chi connectivity index (χ2n) is 4.73. The SMILES string of the molecule is Cn1nc(C(=O)O)cc1-c1cc2c(cc1C(F)F)OCCO2. The predicted octanol–water partition coefficient (Wildman–Crippen LogP) is 2.49. The average molecular weight is 310 g/mol. The maximum atomic E-state index is 13.3. The van der Waals surface area contributed by atoms with E-state index >= 15 is 0 Å². The molecular weight excluding hydrogens is 298 g/mol. The number of fused-ring (bicyclic) bond motifs is 1. The number of aryl methyl sites for hydroxylation is 1. The van der Waals surface area contributed by atoms with E-state index < -0.39 is 12.4 Å². The van der Waals surface area contributed by atoms with Gasteiger partial charge in [-0.15, -0.1) is 0 Å². The van der Waals surface area contributed by atoms with Crippen LogP contribution in [0.2, 0.25) is 0 Å². The molecule has 2 heterocycles. The van der Waals surface area contributed by atoms with Crippen LogP contribution in [0.5, 0.6) is 11.5 Å². The van der Waals surface area contributed by atoms with Gasteiger partial charge >= 0.3 is 5.97 Å². The lowest BCUT2D eigenvalue weighted by molar-refractivity contribution is 0.0689. The number of ether oxygens (including phenoxy) is 2. The number of benzene rings is 1. The van der Waals surface area contributed by atoms with Crippen LogP contribution in [0.15, 0.2) is 18.2 Å². The molecule has 22 heavy (non-hydrogen) atoms. The first-order valence-corrected chi connectivity index (χ1v) is 6.46. The van der Waals surface area contributed by atoms with E-state index in [1.54, 1.807) is 0 Å². The largest absolute Gasteiger partial charge is 0.486 e. The van der Waals surface area contributed by atoms with Crippen LogP contribution >= 0.6 is 0 Å². The number of halogens is 2. The highest BCUT2D eigenvalue weighted by Crippen LogP contribution is 2.41. The van der Waals surface area contributed by atoms with Crippen molar-refractivity contribution in [3.8, 4) is 22.8 Å². The summed E-state index contributed by atoms with van der Waals surface area (Å²) in [7, 11) is 1.49. The van der Waals surface area contributed by atoms with Gasteiger partial charge in [0.25, 0.3) is 6.43 Å². The summed E-state index contributed by atoms with van der Waals surface area (Å²) < 4.78 is 38.6. The minimum Gasteiger partial charge on any atom is -0.486 e. The lowest BCUT2D eigenvalue weighted by atomic mass is 10.0. The summed E-state index contributed by atoms with van der Waals surface area (Å²) in [6.45, 7) is 0.621. The number of nitrogens with zero attached hydrogens (tertiary/aromatic N) is 2. The van der Waals surface area contributed by atoms with Crippen molar-refractivity contribution in [2.24, 2.45) is 7.05 Å². The molecule has 0 fully saturated rings. The molecule has 3 rings (SSSR count). The van der Waals surface area contributed by atoms with E-state index in [0.717, 1.165) is 0 Å². The molecule has 1 aromatic carbocycles. The number of carboxylic acid groups (broad SMARTS) is 1. The smallest absolute Gasteiger partial charge is 0.356 e. The molecule has 116 valence electrons. The van der Waals surface area contributed by atoms with Crippen LogP contribution in [-0.2, 0) is 7.05 Å². The van der Waals surface area contributed by atoms with Gasteiger partial charge in [-0.3, -0.25) is 4.68 Å². The first-order valence-electron chi connectivity index (χ1n) is 6.46. The number of carboxylic acids is 1. The molecule has 0 radical (unpaired) electrons. The molecule has 0 bridgehead atoms. The molecule has 1 aromatic heterocycles. The number of alkyl halides is 2. The fourth-order valence-electron chi connectivity index (χ4n) is 2.33. The molecule has 0 spiro atoms. The highest BCUT2D eigenvalue weighted by Gasteiger charge is 2.24. The first kappa shape index (κ1) is 14.3. The lowest BCUT2D eigenvalue weighted by Crippen LogP contribution is -2.16. The van der Waals surface area contributed by atoms with Crippen LogP contribution in [0, 0.1) is 0 Å². The zero-order chi connectivity index (χ0) is 15.9. The van der Waals surface area contributed by atoms with Gasteiger partial charge in [0.2, 0.25) is 0 Å². The van der Waals surface area contributed by atoms with Gasteiger partial charge in [0.05, 0.1) is 5.69 Å². The highest BCUT2D eigenvalue weighted by molar-refractivity contribution is 5.87. The van der Waals surface area contributed by atoms with Crippen LogP contribution in [0.3, 0.4) is 0 Å². The van der Waals surface area contributed by atoms with Crippen LogP contribution in [-0.4, -0.2) is 34.1 Å². The molecule has 0 saturated carbocycles. The lowest BCUT2D eigenvalue weighted by Gasteiger charge is -2.21. The molecule has 1 aliphatic rings. The van der Waals surface area contributed by atoms with Crippen LogP contribution in [0.1, 0.15) is 22.5 Å². The van der Waals surface area contributed by atoms with Gasteiger partial charge in [-0.05, 0) is 18.2 Å². The Labute approximate surface area is 123 Å². The Morgan fingerprint density at radius 3 is 2.45 bits per heavy atom. The summed E-state index contributed by atoms with van der Waals surface area (Å²) in [5, 5.41) is 12.8. The fraction of sp³-hybridized carbons (Fsp3) is 0.286. The van der Waals surface area contributed by atoms with Gasteiger partial charge in [-0.1, -0.05) is 0 Å². The highest BCUT2D eigenvalue weighted by atomic mass is 19.3. The van der Waals surface area contributed by atoms with Gasteiger partial charge in [0.15, 0.2) is 17.2 Å². The third kappa shape index (κ3) is 2.36. The molecule has 0 saturated heterocycles. The summed E-state index contributed by atoms with van der Waals surface area (Å²) in [4.78, 5) is 11.0. The number of aromatic carboxylic acids is 1. The second kappa shape index (κ2) is 5.28. The molecule has 8 heteroatoms. The maximum absolute atomic E-state index is 13.3. The number of aromatic nitrogens is 2. The topological polar surface area (TPSA) is 73.6 Å². The standard InChI is InChI=1S/C14H12F2N2O4/c1-18-10(6-9(17-18)14(19)20)7-4-11-12(22-3-2-21-11)5-8(7)13(15)16/h4-6,13H,2-3H2,1H3,(H,19,20). The fourth-order valence-corrected chi connectivity index (χ4v) is 2.33. The van der Waals surface area contributed by atoms with E-state index in [4.69, 9.17) is 14.6 Å². The molecule has 1 aliphatic heterocycles. The number of hydrogen-bond donors (Lipinski definition) is 1. The Balaban J connectivity index is 2.18. The van der Waals surface area contributed by atoms with E-state index in [1.807, 2.05) is 0 Å². The Bertz CT molecular complexity index is 743. The minimum absolute atomic E-state index is 0.168. The van der Waals surface area contributed by atoms with E-state index in [1.165, 1.54) is 29.9 Å². The molecule has 2 aromatic rings. The maximum Gasteiger partial charge on any atom is 0.356 e. The van der Waals surface area contributed by atoms with Crippen molar-refractivity contribution >= 4 is 5.97 Å². The third-order valence-electron chi connectivity index (χ3n) is 3.32. The molecule has 0 aliphatic carbocycles. The van der Waals surface area contributed by atoms with E-state index in [0.29, 0.717) is 19.0 Å².